The van der Waals surface area contributed by atoms with Crippen LogP contribution < -0.4 is 10.0 Å². The van der Waals surface area contributed by atoms with Crippen molar-refractivity contribution in [2.75, 3.05) is 10.0 Å². The first-order valence-corrected chi connectivity index (χ1v) is 10.1. The van der Waals surface area contributed by atoms with Crippen LogP contribution >= 0.6 is 11.3 Å². The number of pyridine rings is 1. The molecule has 3 rings (SSSR count). The summed E-state index contributed by atoms with van der Waals surface area (Å²) in [7, 11) is -3.55. The minimum atomic E-state index is -3.55. The molecule has 0 unspecified atom stereocenters. The molecule has 0 amide bonds. The lowest BCUT2D eigenvalue weighted by atomic mass is 9.95. The van der Waals surface area contributed by atoms with Crippen molar-refractivity contribution in [2.24, 2.45) is 0 Å². The molecule has 2 heterocycles. The highest BCUT2D eigenvalue weighted by Crippen LogP contribution is 2.24. The molecular weight excluding hydrogens is 330 g/mol. The van der Waals surface area contributed by atoms with Gasteiger partial charge < -0.3 is 5.32 Å². The molecule has 2 aromatic heterocycles. The van der Waals surface area contributed by atoms with Gasteiger partial charge in [0.25, 0.3) is 10.0 Å². The second kappa shape index (κ2) is 6.88. The molecule has 0 aliphatic heterocycles. The van der Waals surface area contributed by atoms with Gasteiger partial charge in [-0.05, 0) is 44.0 Å². The normalized spacial score (nSPS) is 16.2. The molecule has 0 saturated heterocycles. The van der Waals surface area contributed by atoms with Crippen molar-refractivity contribution >= 4 is 32.9 Å². The molecule has 5 nitrogen and oxygen atoms in total. The quantitative estimate of drug-likeness (QED) is 0.854. The molecule has 7 heteroatoms. The fourth-order valence-electron chi connectivity index (χ4n) is 2.77. The Morgan fingerprint density at radius 2 is 1.91 bits per heavy atom. The van der Waals surface area contributed by atoms with Crippen molar-refractivity contribution in [3.63, 3.8) is 0 Å². The van der Waals surface area contributed by atoms with Gasteiger partial charge in [0, 0.05) is 10.9 Å². The Balaban J connectivity index is 1.65. The summed E-state index contributed by atoms with van der Waals surface area (Å²) < 4.78 is 27.3. The maximum absolute atomic E-state index is 12.3. The molecule has 1 aliphatic rings. The van der Waals surface area contributed by atoms with Crippen molar-refractivity contribution in [2.45, 2.75) is 49.3 Å². The first kappa shape index (κ1) is 16.3. The third-order valence-corrected chi connectivity index (χ3v) is 6.81. The number of rotatable bonds is 5. The second-order valence-electron chi connectivity index (χ2n) is 5.88. The molecule has 124 valence electrons. The molecule has 2 aromatic rings. The molecule has 0 spiro atoms. The zero-order valence-corrected chi connectivity index (χ0v) is 14.7. The van der Waals surface area contributed by atoms with Crippen molar-refractivity contribution in [3.05, 3.63) is 35.3 Å². The van der Waals surface area contributed by atoms with Crippen LogP contribution in [0.5, 0.6) is 0 Å². The van der Waals surface area contributed by atoms with Crippen LogP contribution in [0.15, 0.2) is 34.7 Å². The van der Waals surface area contributed by atoms with E-state index in [9.17, 15) is 8.42 Å². The largest absolute Gasteiger partial charge is 0.381 e. The highest BCUT2D eigenvalue weighted by Gasteiger charge is 2.17. The SMILES string of the molecule is Cc1ccc(S(=O)(=O)Nc2ccc(NC3CCCCC3)cn2)s1. The van der Waals surface area contributed by atoms with Crippen molar-refractivity contribution in [1.82, 2.24) is 4.98 Å². The summed E-state index contributed by atoms with van der Waals surface area (Å²) in [5.41, 5.74) is 0.937. The van der Waals surface area contributed by atoms with Gasteiger partial charge in [0.2, 0.25) is 0 Å². The van der Waals surface area contributed by atoms with E-state index in [1.165, 1.54) is 43.4 Å². The van der Waals surface area contributed by atoms with Crippen molar-refractivity contribution in [3.8, 4) is 0 Å². The number of aromatic nitrogens is 1. The Morgan fingerprint density at radius 3 is 2.52 bits per heavy atom. The number of sulfonamides is 1. The van der Waals surface area contributed by atoms with Crippen LogP contribution in [0.1, 0.15) is 37.0 Å². The molecule has 0 radical (unpaired) electrons. The van der Waals surface area contributed by atoms with Crippen LogP contribution in [0, 0.1) is 6.92 Å². The van der Waals surface area contributed by atoms with Crippen molar-refractivity contribution in [1.29, 1.82) is 0 Å². The average molecular weight is 351 g/mol. The highest BCUT2D eigenvalue weighted by atomic mass is 32.2. The fraction of sp³-hybridized carbons (Fsp3) is 0.438. The van der Waals surface area contributed by atoms with E-state index in [-0.39, 0.29) is 0 Å². The number of thiophene rings is 1. The summed E-state index contributed by atoms with van der Waals surface area (Å²) in [6, 6.07) is 7.48. The van der Waals surface area contributed by atoms with Gasteiger partial charge in [-0.15, -0.1) is 11.3 Å². The molecule has 0 bridgehead atoms. The number of hydrogen-bond donors (Lipinski definition) is 2. The monoisotopic (exact) mass is 351 g/mol. The minimum absolute atomic E-state index is 0.307. The molecule has 23 heavy (non-hydrogen) atoms. The summed E-state index contributed by atoms with van der Waals surface area (Å²) in [4.78, 5) is 5.18. The van der Waals surface area contributed by atoms with E-state index in [2.05, 4.69) is 15.0 Å². The van der Waals surface area contributed by atoms with Gasteiger partial charge in [-0.3, -0.25) is 4.72 Å². The average Bonchev–Trinajstić information content (AvgIpc) is 2.98. The van der Waals surface area contributed by atoms with Crippen molar-refractivity contribution < 1.29 is 8.42 Å². The zero-order valence-electron chi connectivity index (χ0n) is 13.1. The van der Waals surface area contributed by atoms with Crippen LogP contribution in [-0.2, 0) is 10.0 Å². The lowest BCUT2D eigenvalue weighted by Crippen LogP contribution is -2.22. The number of anilines is 2. The fourth-order valence-corrected chi connectivity index (χ4v) is 5.06. The predicted octanol–water partition coefficient (Wildman–Crippen LogP) is 4.00. The standard InChI is InChI=1S/C16H21N3O2S2/c1-12-7-10-16(22-12)23(20,21)19-15-9-8-14(11-17-15)18-13-5-3-2-4-6-13/h7-11,13,18H,2-6H2,1H3,(H,17,19). The molecule has 2 N–H and O–H groups in total. The number of nitrogens with zero attached hydrogens (tertiary/aromatic N) is 1. The van der Waals surface area contributed by atoms with Crippen LogP contribution in [0.25, 0.3) is 0 Å². The Hall–Kier alpha value is -1.60. The van der Waals surface area contributed by atoms with E-state index < -0.39 is 10.0 Å². The van der Waals surface area contributed by atoms with E-state index in [0.717, 1.165) is 10.6 Å². The van der Waals surface area contributed by atoms with Gasteiger partial charge in [0.15, 0.2) is 0 Å². The molecular formula is C16H21N3O2S2. The molecule has 0 aromatic carbocycles. The van der Waals surface area contributed by atoms with Gasteiger partial charge in [-0.1, -0.05) is 19.3 Å². The number of hydrogen-bond acceptors (Lipinski definition) is 5. The van der Waals surface area contributed by atoms with Gasteiger partial charge >= 0.3 is 0 Å². The van der Waals surface area contributed by atoms with Gasteiger partial charge in [-0.25, -0.2) is 13.4 Å². The highest BCUT2D eigenvalue weighted by molar-refractivity contribution is 7.94. The Labute approximate surface area is 141 Å². The van der Waals surface area contributed by atoms with Gasteiger partial charge in [0.1, 0.15) is 10.0 Å². The maximum Gasteiger partial charge on any atom is 0.272 e. The molecule has 1 aliphatic carbocycles. The summed E-state index contributed by atoms with van der Waals surface area (Å²) in [5, 5.41) is 3.47. The summed E-state index contributed by atoms with van der Waals surface area (Å²) in [6.07, 6.45) is 7.91. The molecule has 1 saturated carbocycles. The third-order valence-electron chi connectivity index (χ3n) is 3.96. The Bertz CT molecular complexity index is 748. The van der Waals surface area contributed by atoms with Gasteiger partial charge in [-0.2, -0.15) is 0 Å². The Morgan fingerprint density at radius 1 is 1.13 bits per heavy atom. The van der Waals surface area contributed by atoms with Crippen LogP contribution in [0.3, 0.4) is 0 Å². The Kier molecular flexibility index (Phi) is 4.87. The van der Waals surface area contributed by atoms with E-state index in [1.807, 2.05) is 13.0 Å². The van der Waals surface area contributed by atoms with Gasteiger partial charge in [0.05, 0.1) is 11.9 Å². The lowest BCUT2D eigenvalue weighted by Gasteiger charge is -2.23. The predicted molar refractivity (Wildman–Crippen MR) is 94.6 cm³/mol. The number of nitrogens with one attached hydrogen (secondary N) is 2. The molecule has 0 atom stereocenters. The third kappa shape index (κ3) is 4.23. The second-order valence-corrected chi connectivity index (χ2v) is 9.08. The van der Waals surface area contributed by atoms with Crippen LogP contribution in [0.4, 0.5) is 11.5 Å². The minimum Gasteiger partial charge on any atom is -0.381 e. The number of aryl methyl sites for hydroxylation is 1. The molecule has 1 fully saturated rings. The summed E-state index contributed by atoms with van der Waals surface area (Å²) in [6.45, 7) is 1.88. The first-order chi connectivity index (χ1) is 11.0. The van der Waals surface area contributed by atoms with E-state index >= 15 is 0 Å². The van der Waals surface area contributed by atoms with E-state index in [1.54, 1.807) is 24.4 Å². The topological polar surface area (TPSA) is 71.1 Å². The van der Waals surface area contributed by atoms with E-state index in [0.29, 0.717) is 16.1 Å². The smallest absolute Gasteiger partial charge is 0.272 e. The zero-order chi connectivity index (χ0) is 16.3. The maximum atomic E-state index is 12.3. The van der Waals surface area contributed by atoms with Crippen LogP contribution in [0.2, 0.25) is 0 Å². The summed E-state index contributed by atoms with van der Waals surface area (Å²) in [5.74, 6) is 0.338. The lowest BCUT2D eigenvalue weighted by molar-refractivity contribution is 0.462. The van der Waals surface area contributed by atoms with Crippen LogP contribution in [-0.4, -0.2) is 19.4 Å². The summed E-state index contributed by atoms with van der Waals surface area (Å²) >= 11 is 1.25. The van der Waals surface area contributed by atoms with E-state index in [4.69, 9.17) is 0 Å². The first-order valence-electron chi connectivity index (χ1n) is 7.85.